The maximum absolute atomic E-state index is 6.67. The number of hydrogen-bond acceptors (Lipinski definition) is 3. The van der Waals surface area contributed by atoms with Crippen LogP contribution in [-0.2, 0) is 0 Å². The van der Waals surface area contributed by atoms with E-state index in [0.717, 1.165) is 82.9 Å². The van der Waals surface area contributed by atoms with Gasteiger partial charge in [0, 0.05) is 69.3 Å². The van der Waals surface area contributed by atoms with Crippen LogP contribution in [-0.4, -0.2) is 4.57 Å². The van der Waals surface area contributed by atoms with Crippen LogP contribution in [0, 0.1) is 0 Å². The molecular weight excluding hydrogens is 727 g/mol. The summed E-state index contributed by atoms with van der Waals surface area (Å²) in [5.74, 6) is 0. The van der Waals surface area contributed by atoms with Gasteiger partial charge in [0.25, 0.3) is 0 Å². The van der Waals surface area contributed by atoms with E-state index in [0.29, 0.717) is 0 Å². The molecule has 270 valence electrons. The maximum atomic E-state index is 6.67. The van der Waals surface area contributed by atoms with Gasteiger partial charge in [-0.2, -0.15) is 0 Å². The summed E-state index contributed by atoms with van der Waals surface area (Å²) >= 11 is 1.86. The largest absolute Gasteiger partial charge is 0.455 e. The fourth-order valence-corrected chi connectivity index (χ4v) is 10.6. The molecule has 0 aliphatic carbocycles. The number of thiophene rings is 1. The summed E-state index contributed by atoms with van der Waals surface area (Å²) < 4.78 is 18.4. The summed E-state index contributed by atoms with van der Waals surface area (Å²) in [5, 5.41) is 9.46. The Bertz CT molecular complexity index is 3630. The fourth-order valence-electron chi connectivity index (χ4n) is 9.46. The normalized spacial score (nSPS) is 12.1. The SMILES string of the molecule is c1ccc2c(c1)oc1c(-c3cccc4c3c3c(-c5cccc6c5oc5ccccc56)cccc3n4-c3ccc(-c4ccc5c(c4)sc4ccccc45)cc3)cccc12. The standard InChI is InChI=1S/C54H31NO2S/c1-4-22-47-35(11-1)41-16-7-18-43(53(41)56-47)39-14-9-20-45-51(39)52-40(44-19-8-17-42-36-12-2-5-23-48(36)57-54(42)44)15-10-21-46(52)55(45)34-28-25-32(26-29-34)33-27-30-38-37-13-3-6-24-49(37)58-50(38)31-33/h1-31H. The third-order valence-electron chi connectivity index (χ3n) is 12.0. The minimum absolute atomic E-state index is 0.892. The minimum Gasteiger partial charge on any atom is -0.455 e. The molecular formula is C54H31NO2S. The Kier molecular flexibility index (Phi) is 6.60. The van der Waals surface area contributed by atoms with Gasteiger partial charge in [0.15, 0.2) is 0 Å². The first-order chi connectivity index (χ1) is 28.8. The van der Waals surface area contributed by atoms with Crippen LogP contribution in [0.25, 0.3) is 125 Å². The average molecular weight is 758 g/mol. The maximum Gasteiger partial charge on any atom is 0.143 e. The van der Waals surface area contributed by atoms with Gasteiger partial charge in [-0.05, 0) is 70.8 Å². The van der Waals surface area contributed by atoms with E-state index in [-0.39, 0.29) is 0 Å². The first-order valence-electron chi connectivity index (χ1n) is 19.7. The lowest BCUT2D eigenvalue weighted by Gasteiger charge is -2.10. The molecule has 3 nitrogen and oxygen atoms in total. The molecule has 0 saturated carbocycles. The average Bonchev–Trinajstić information content (AvgIpc) is 4.05. The Morgan fingerprint density at radius 1 is 0.345 bits per heavy atom. The molecule has 0 atom stereocenters. The molecule has 13 rings (SSSR count). The zero-order valence-electron chi connectivity index (χ0n) is 31.1. The zero-order chi connectivity index (χ0) is 37.9. The Balaban J connectivity index is 1.07. The summed E-state index contributed by atoms with van der Waals surface area (Å²) in [6.07, 6.45) is 0. The molecule has 4 heteroatoms. The van der Waals surface area contributed by atoms with E-state index in [4.69, 9.17) is 8.83 Å². The van der Waals surface area contributed by atoms with Crippen LogP contribution in [0.1, 0.15) is 0 Å². The van der Waals surface area contributed by atoms with E-state index in [1.54, 1.807) is 0 Å². The van der Waals surface area contributed by atoms with Gasteiger partial charge in [0.05, 0.1) is 11.0 Å². The van der Waals surface area contributed by atoms with Gasteiger partial charge in [0.2, 0.25) is 0 Å². The molecule has 0 fully saturated rings. The molecule has 4 heterocycles. The van der Waals surface area contributed by atoms with E-state index in [1.807, 2.05) is 23.5 Å². The van der Waals surface area contributed by atoms with Crippen LogP contribution in [0.4, 0.5) is 0 Å². The topological polar surface area (TPSA) is 31.2 Å². The van der Waals surface area contributed by atoms with Gasteiger partial charge in [-0.1, -0.05) is 140 Å². The summed E-state index contributed by atoms with van der Waals surface area (Å²) in [5.41, 5.74) is 13.7. The highest BCUT2D eigenvalue weighted by Gasteiger charge is 2.23. The van der Waals surface area contributed by atoms with Crippen molar-refractivity contribution in [2.24, 2.45) is 0 Å². The molecule has 13 aromatic rings. The van der Waals surface area contributed by atoms with Crippen LogP contribution in [0.15, 0.2) is 197 Å². The lowest BCUT2D eigenvalue weighted by molar-refractivity contribution is 0.669. The highest BCUT2D eigenvalue weighted by atomic mass is 32.1. The monoisotopic (exact) mass is 757 g/mol. The van der Waals surface area contributed by atoms with Gasteiger partial charge in [-0.25, -0.2) is 0 Å². The Hall–Kier alpha value is -7.40. The molecule has 0 bridgehead atoms. The van der Waals surface area contributed by atoms with Gasteiger partial charge in [0.1, 0.15) is 22.3 Å². The van der Waals surface area contributed by atoms with Gasteiger partial charge in [-0.15, -0.1) is 11.3 Å². The minimum atomic E-state index is 0.892. The summed E-state index contributed by atoms with van der Waals surface area (Å²) in [7, 11) is 0. The van der Waals surface area contributed by atoms with Crippen molar-refractivity contribution in [3.63, 3.8) is 0 Å². The second-order valence-corrected chi connectivity index (χ2v) is 16.2. The first kappa shape index (κ1) is 31.8. The van der Waals surface area contributed by atoms with Crippen molar-refractivity contribution in [1.82, 2.24) is 4.57 Å². The number of para-hydroxylation sites is 4. The van der Waals surface area contributed by atoms with Crippen LogP contribution in [0.3, 0.4) is 0 Å². The molecule has 4 aromatic heterocycles. The summed E-state index contributed by atoms with van der Waals surface area (Å²) in [6.45, 7) is 0. The van der Waals surface area contributed by atoms with Crippen molar-refractivity contribution >= 4 is 97.2 Å². The molecule has 0 saturated heterocycles. The number of furan rings is 2. The van der Waals surface area contributed by atoms with E-state index in [1.165, 1.54) is 42.1 Å². The van der Waals surface area contributed by atoms with Crippen molar-refractivity contribution < 1.29 is 8.83 Å². The van der Waals surface area contributed by atoms with Crippen LogP contribution in [0.2, 0.25) is 0 Å². The van der Waals surface area contributed by atoms with Crippen molar-refractivity contribution in [2.45, 2.75) is 0 Å². The number of fused-ring (bicyclic) bond motifs is 12. The molecule has 0 aliphatic heterocycles. The van der Waals surface area contributed by atoms with Crippen LogP contribution < -0.4 is 0 Å². The smallest absolute Gasteiger partial charge is 0.143 e. The zero-order valence-corrected chi connectivity index (χ0v) is 31.9. The van der Waals surface area contributed by atoms with Gasteiger partial charge in [-0.3, -0.25) is 0 Å². The third kappa shape index (κ3) is 4.49. The van der Waals surface area contributed by atoms with E-state index >= 15 is 0 Å². The number of nitrogens with zero attached hydrogens (tertiary/aromatic N) is 1. The van der Waals surface area contributed by atoms with E-state index < -0.39 is 0 Å². The van der Waals surface area contributed by atoms with E-state index in [2.05, 4.69) is 180 Å². The number of benzene rings is 9. The second-order valence-electron chi connectivity index (χ2n) is 15.2. The Morgan fingerprint density at radius 2 is 0.828 bits per heavy atom. The molecule has 0 unspecified atom stereocenters. The Morgan fingerprint density at radius 3 is 1.45 bits per heavy atom. The number of hydrogen-bond donors (Lipinski definition) is 0. The lowest BCUT2D eigenvalue weighted by Crippen LogP contribution is -1.94. The van der Waals surface area contributed by atoms with Crippen molar-refractivity contribution in [3.05, 3.63) is 188 Å². The van der Waals surface area contributed by atoms with Crippen LogP contribution in [0.5, 0.6) is 0 Å². The molecule has 0 aliphatic rings. The van der Waals surface area contributed by atoms with Crippen molar-refractivity contribution in [3.8, 4) is 39.1 Å². The van der Waals surface area contributed by atoms with Gasteiger partial charge < -0.3 is 13.4 Å². The highest BCUT2D eigenvalue weighted by molar-refractivity contribution is 7.25. The molecule has 9 aromatic carbocycles. The molecule has 58 heavy (non-hydrogen) atoms. The van der Waals surface area contributed by atoms with Crippen molar-refractivity contribution in [1.29, 1.82) is 0 Å². The summed E-state index contributed by atoms with van der Waals surface area (Å²) in [4.78, 5) is 0. The van der Waals surface area contributed by atoms with Crippen LogP contribution >= 0.6 is 11.3 Å². The van der Waals surface area contributed by atoms with Crippen molar-refractivity contribution in [2.75, 3.05) is 0 Å². The quantitative estimate of drug-likeness (QED) is 0.179. The predicted octanol–water partition coefficient (Wildman–Crippen LogP) is 16.0. The number of aromatic nitrogens is 1. The molecule has 0 N–H and O–H groups in total. The third-order valence-corrected chi connectivity index (χ3v) is 13.2. The predicted molar refractivity (Wildman–Crippen MR) is 245 cm³/mol. The fraction of sp³-hybridized carbons (Fsp3) is 0. The van der Waals surface area contributed by atoms with Gasteiger partial charge >= 0.3 is 0 Å². The first-order valence-corrected chi connectivity index (χ1v) is 20.5. The molecule has 0 amide bonds. The number of rotatable bonds is 4. The van der Waals surface area contributed by atoms with E-state index in [9.17, 15) is 0 Å². The Labute approximate surface area is 336 Å². The molecule has 0 spiro atoms. The lowest BCUT2D eigenvalue weighted by atomic mass is 9.93. The highest BCUT2D eigenvalue weighted by Crippen LogP contribution is 2.47. The second kappa shape index (κ2) is 12.1. The summed E-state index contributed by atoms with van der Waals surface area (Å²) in [6, 6.07) is 67.7. The molecule has 0 radical (unpaired) electrons.